The van der Waals surface area contributed by atoms with E-state index in [0.29, 0.717) is 42.6 Å². The zero-order valence-corrected chi connectivity index (χ0v) is 21.1. The van der Waals surface area contributed by atoms with Crippen LogP contribution in [0.15, 0.2) is 41.5 Å². The molecule has 37 heavy (non-hydrogen) atoms. The van der Waals surface area contributed by atoms with Gasteiger partial charge in [-0.2, -0.15) is 5.10 Å². The van der Waals surface area contributed by atoms with E-state index in [2.05, 4.69) is 4.90 Å². The normalized spacial score (nSPS) is 22.4. The number of benzene rings is 2. The summed E-state index contributed by atoms with van der Waals surface area (Å²) in [5.41, 5.74) is 2.55. The first-order chi connectivity index (χ1) is 18.1. The van der Waals surface area contributed by atoms with Crippen LogP contribution in [0.4, 0.5) is 0 Å². The van der Waals surface area contributed by atoms with Gasteiger partial charge in [-0.3, -0.25) is 9.69 Å². The molecule has 6 rings (SSSR count). The Labute approximate surface area is 215 Å². The first-order valence-corrected chi connectivity index (χ1v) is 12.6. The highest BCUT2D eigenvalue weighted by atomic mass is 16.7. The second-order valence-corrected chi connectivity index (χ2v) is 9.57. The van der Waals surface area contributed by atoms with E-state index in [9.17, 15) is 4.79 Å². The third-order valence-electron chi connectivity index (χ3n) is 7.46. The number of hydrazone groups is 1. The van der Waals surface area contributed by atoms with Gasteiger partial charge in [0.25, 0.3) is 5.91 Å². The summed E-state index contributed by atoms with van der Waals surface area (Å²) < 4.78 is 33.8. The third-order valence-corrected chi connectivity index (χ3v) is 7.46. The molecule has 2 fully saturated rings. The molecule has 2 aromatic carbocycles. The molecule has 4 aliphatic heterocycles. The third kappa shape index (κ3) is 4.60. The molecule has 0 N–H and O–H groups in total. The highest BCUT2D eigenvalue weighted by Crippen LogP contribution is 2.41. The van der Waals surface area contributed by atoms with Gasteiger partial charge in [-0.1, -0.05) is 6.07 Å². The molecule has 1 spiro atoms. The molecule has 0 bridgehead atoms. The van der Waals surface area contributed by atoms with Gasteiger partial charge in [0.15, 0.2) is 17.3 Å². The quantitative estimate of drug-likeness (QED) is 0.587. The number of carbonyl (C=O) groups is 1. The summed E-state index contributed by atoms with van der Waals surface area (Å²) in [4.78, 5) is 15.8. The molecular weight excluding hydrogens is 478 g/mol. The van der Waals surface area contributed by atoms with Crippen LogP contribution in [0, 0.1) is 0 Å². The number of methoxy groups -OCH3 is 2. The zero-order chi connectivity index (χ0) is 25.4. The lowest BCUT2D eigenvalue weighted by Crippen LogP contribution is -2.48. The summed E-state index contributed by atoms with van der Waals surface area (Å²) in [5, 5.41) is 6.46. The summed E-state index contributed by atoms with van der Waals surface area (Å²) in [6.07, 6.45) is 2.05. The largest absolute Gasteiger partial charge is 0.497 e. The van der Waals surface area contributed by atoms with E-state index in [1.807, 2.05) is 36.4 Å². The molecule has 4 heterocycles. The molecule has 0 aromatic heterocycles. The molecule has 4 aliphatic rings. The molecule has 196 valence electrons. The number of hydrogen-bond donors (Lipinski definition) is 0. The first kappa shape index (κ1) is 24.0. The van der Waals surface area contributed by atoms with Gasteiger partial charge in [0.1, 0.15) is 11.5 Å². The average Bonchev–Trinajstić information content (AvgIpc) is 3.69. The molecule has 1 amide bonds. The highest BCUT2D eigenvalue weighted by Gasteiger charge is 2.41. The number of fused-ring (bicyclic) bond motifs is 1. The Bertz CT molecular complexity index is 1200. The number of rotatable bonds is 6. The average molecular weight is 510 g/mol. The van der Waals surface area contributed by atoms with Crippen LogP contribution in [-0.4, -0.2) is 81.2 Å². The number of piperidine rings is 1. The van der Waals surface area contributed by atoms with Gasteiger partial charge in [0, 0.05) is 44.0 Å². The van der Waals surface area contributed by atoms with Gasteiger partial charge in [-0.05, 0) is 29.8 Å². The van der Waals surface area contributed by atoms with Crippen LogP contribution in [0.3, 0.4) is 0 Å². The predicted octanol–water partition coefficient (Wildman–Crippen LogP) is 2.95. The first-order valence-electron chi connectivity index (χ1n) is 12.6. The summed E-state index contributed by atoms with van der Waals surface area (Å²) in [6.45, 7) is 3.20. The van der Waals surface area contributed by atoms with Crippen molar-refractivity contribution in [2.24, 2.45) is 5.10 Å². The highest BCUT2D eigenvalue weighted by molar-refractivity contribution is 6.05. The number of carbonyl (C=O) groups excluding carboxylic acids is 1. The van der Waals surface area contributed by atoms with E-state index in [-0.39, 0.29) is 25.3 Å². The van der Waals surface area contributed by atoms with Crippen LogP contribution in [-0.2, 0) is 14.3 Å². The van der Waals surface area contributed by atoms with Crippen molar-refractivity contribution in [1.29, 1.82) is 0 Å². The van der Waals surface area contributed by atoms with Gasteiger partial charge in [0.2, 0.25) is 6.79 Å². The number of ether oxygens (including phenoxy) is 6. The second-order valence-electron chi connectivity index (χ2n) is 9.57. The molecule has 0 saturated carbocycles. The molecule has 1 atom stereocenters. The maximum absolute atomic E-state index is 13.7. The van der Waals surface area contributed by atoms with Crippen molar-refractivity contribution in [2.45, 2.75) is 31.1 Å². The number of likely N-dealkylation sites (tertiary alicyclic amines) is 1. The van der Waals surface area contributed by atoms with Gasteiger partial charge < -0.3 is 28.4 Å². The van der Waals surface area contributed by atoms with Gasteiger partial charge >= 0.3 is 0 Å². The smallest absolute Gasteiger partial charge is 0.257 e. The fourth-order valence-electron chi connectivity index (χ4n) is 5.42. The Hall–Kier alpha value is -3.34. The SMILES string of the molecule is COc1ccc(C2=NN(C(=O)CN3CCC4(CC3)OCCO4)C(c3ccc4c(c3)OCO4)C2)c(OC)c1. The molecule has 10 heteroatoms. The standard InChI is InChI=1S/C27H31N3O7/c1-32-19-4-5-20(24(14-19)33-2)21-15-22(18-3-6-23-25(13-18)35-17-34-23)30(28-21)26(31)16-29-9-7-27(8-10-29)36-11-12-37-27/h3-6,13-14,22H,7-12,15-17H2,1-2H3. The van der Waals surface area contributed by atoms with E-state index in [0.717, 1.165) is 42.8 Å². The molecule has 10 nitrogen and oxygen atoms in total. The van der Waals surface area contributed by atoms with Crippen LogP contribution in [0.2, 0.25) is 0 Å². The monoisotopic (exact) mass is 509 g/mol. The van der Waals surface area contributed by atoms with Gasteiger partial charge in [0.05, 0.1) is 45.7 Å². The van der Waals surface area contributed by atoms with E-state index >= 15 is 0 Å². The van der Waals surface area contributed by atoms with E-state index in [1.165, 1.54) is 0 Å². The second kappa shape index (κ2) is 9.85. The Balaban J connectivity index is 1.26. The van der Waals surface area contributed by atoms with Crippen molar-refractivity contribution in [3.05, 3.63) is 47.5 Å². The summed E-state index contributed by atoms with van der Waals surface area (Å²) in [6, 6.07) is 11.1. The topological polar surface area (TPSA) is 91.3 Å². The lowest BCUT2D eigenvalue weighted by molar-refractivity contribution is -0.186. The number of amides is 1. The summed E-state index contributed by atoms with van der Waals surface area (Å²) in [7, 11) is 3.23. The zero-order valence-electron chi connectivity index (χ0n) is 21.1. The Kier molecular flexibility index (Phi) is 6.39. The van der Waals surface area contributed by atoms with Crippen LogP contribution < -0.4 is 18.9 Å². The lowest BCUT2D eigenvalue weighted by atomic mass is 9.97. The number of hydrogen-bond acceptors (Lipinski definition) is 9. The van der Waals surface area contributed by atoms with Crippen molar-refractivity contribution in [1.82, 2.24) is 9.91 Å². The van der Waals surface area contributed by atoms with Crippen LogP contribution in [0.5, 0.6) is 23.0 Å². The minimum absolute atomic E-state index is 0.0608. The van der Waals surface area contributed by atoms with E-state index in [1.54, 1.807) is 19.2 Å². The van der Waals surface area contributed by atoms with Crippen molar-refractivity contribution < 1.29 is 33.2 Å². The maximum atomic E-state index is 13.7. The number of nitrogens with zero attached hydrogens (tertiary/aromatic N) is 3. The van der Waals surface area contributed by atoms with E-state index < -0.39 is 5.79 Å². The Morgan fingerprint density at radius 1 is 1.03 bits per heavy atom. The Morgan fingerprint density at radius 2 is 1.81 bits per heavy atom. The van der Waals surface area contributed by atoms with Gasteiger partial charge in [-0.15, -0.1) is 0 Å². The molecule has 0 aliphatic carbocycles. The van der Waals surface area contributed by atoms with Crippen molar-refractivity contribution >= 4 is 11.6 Å². The fourth-order valence-corrected chi connectivity index (χ4v) is 5.42. The minimum atomic E-state index is -0.474. The maximum Gasteiger partial charge on any atom is 0.257 e. The van der Waals surface area contributed by atoms with Crippen LogP contribution >= 0.6 is 0 Å². The molecular formula is C27H31N3O7. The fraction of sp³-hybridized carbons (Fsp3) is 0.481. The summed E-state index contributed by atoms with van der Waals surface area (Å²) >= 11 is 0. The van der Waals surface area contributed by atoms with Crippen molar-refractivity contribution in [2.75, 3.05) is 53.9 Å². The summed E-state index contributed by atoms with van der Waals surface area (Å²) in [5.74, 6) is 2.19. The van der Waals surface area contributed by atoms with Crippen LogP contribution in [0.25, 0.3) is 0 Å². The van der Waals surface area contributed by atoms with Crippen molar-refractivity contribution in [3.63, 3.8) is 0 Å². The molecule has 0 radical (unpaired) electrons. The van der Waals surface area contributed by atoms with Gasteiger partial charge in [-0.25, -0.2) is 5.01 Å². The van der Waals surface area contributed by atoms with E-state index in [4.69, 9.17) is 33.5 Å². The predicted molar refractivity (Wildman–Crippen MR) is 133 cm³/mol. The Morgan fingerprint density at radius 3 is 2.57 bits per heavy atom. The molecule has 2 saturated heterocycles. The lowest BCUT2D eigenvalue weighted by Gasteiger charge is -2.37. The van der Waals surface area contributed by atoms with Crippen LogP contribution in [0.1, 0.15) is 36.4 Å². The molecule has 1 unspecified atom stereocenters. The minimum Gasteiger partial charge on any atom is -0.497 e. The molecule has 2 aromatic rings. The van der Waals surface area contributed by atoms with Crippen molar-refractivity contribution in [3.8, 4) is 23.0 Å².